The summed E-state index contributed by atoms with van der Waals surface area (Å²) < 4.78 is 43.7. The van der Waals surface area contributed by atoms with E-state index in [0.717, 1.165) is 31.2 Å². The molecule has 1 amide bonds. The molecule has 0 aromatic heterocycles. The number of benzene rings is 2. The SMILES string of the molecule is COc1ccc(S(=O)(=O)N2CCCCCC2)cc1NC(=O)CCc1ccc(OC)c(OC)c1. The Bertz CT molecular complexity index is 1060. The van der Waals surface area contributed by atoms with Crippen molar-refractivity contribution in [1.29, 1.82) is 0 Å². The maximum absolute atomic E-state index is 13.2. The maximum atomic E-state index is 13.2. The van der Waals surface area contributed by atoms with E-state index in [0.29, 0.717) is 42.4 Å². The van der Waals surface area contributed by atoms with E-state index in [1.807, 2.05) is 12.1 Å². The third-order valence-electron chi connectivity index (χ3n) is 5.74. The highest BCUT2D eigenvalue weighted by molar-refractivity contribution is 7.89. The Balaban J connectivity index is 1.72. The molecule has 2 aromatic carbocycles. The van der Waals surface area contributed by atoms with Crippen LogP contribution in [0.25, 0.3) is 0 Å². The molecule has 0 bridgehead atoms. The Morgan fingerprint density at radius 1 is 0.879 bits per heavy atom. The second-order valence-electron chi connectivity index (χ2n) is 7.92. The summed E-state index contributed by atoms with van der Waals surface area (Å²) >= 11 is 0. The number of carbonyl (C=O) groups excluding carboxylic acids is 1. The Labute approximate surface area is 195 Å². The molecule has 9 heteroatoms. The molecule has 1 aliphatic rings. The lowest BCUT2D eigenvalue weighted by molar-refractivity contribution is -0.116. The average Bonchev–Trinajstić information content (AvgIpc) is 3.12. The lowest BCUT2D eigenvalue weighted by Crippen LogP contribution is -2.32. The average molecular weight is 477 g/mol. The second kappa shape index (κ2) is 11.4. The van der Waals surface area contributed by atoms with Crippen LogP contribution < -0.4 is 19.5 Å². The van der Waals surface area contributed by atoms with Crippen LogP contribution >= 0.6 is 0 Å². The molecule has 1 saturated heterocycles. The van der Waals surface area contributed by atoms with Crippen molar-refractivity contribution in [3.05, 3.63) is 42.0 Å². The van der Waals surface area contributed by atoms with Crippen LogP contribution in [0, 0.1) is 0 Å². The van der Waals surface area contributed by atoms with Gasteiger partial charge in [0.2, 0.25) is 15.9 Å². The molecule has 0 spiro atoms. The van der Waals surface area contributed by atoms with Crippen molar-refractivity contribution < 1.29 is 27.4 Å². The summed E-state index contributed by atoms with van der Waals surface area (Å²) in [6.45, 7) is 1.03. The van der Waals surface area contributed by atoms with Crippen LogP contribution in [0.4, 0.5) is 5.69 Å². The molecule has 0 unspecified atom stereocenters. The highest BCUT2D eigenvalue weighted by Crippen LogP contribution is 2.31. The highest BCUT2D eigenvalue weighted by atomic mass is 32.2. The van der Waals surface area contributed by atoms with E-state index in [9.17, 15) is 13.2 Å². The van der Waals surface area contributed by atoms with E-state index < -0.39 is 10.0 Å². The summed E-state index contributed by atoms with van der Waals surface area (Å²) in [5, 5.41) is 2.81. The number of nitrogens with one attached hydrogen (secondary N) is 1. The first-order valence-electron chi connectivity index (χ1n) is 11.1. The Morgan fingerprint density at radius 3 is 2.15 bits per heavy atom. The number of rotatable bonds is 9. The third-order valence-corrected chi connectivity index (χ3v) is 7.63. The molecule has 0 aliphatic carbocycles. The number of ether oxygens (including phenoxy) is 3. The summed E-state index contributed by atoms with van der Waals surface area (Å²) in [7, 11) is 0.978. The highest BCUT2D eigenvalue weighted by Gasteiger charge is 2.26. The molecule has 180 valence electrons. The fourth-order valence-corrected chi connectivity index (χ4v) is 5.43. The van der Waals surface area contributed by atoms with Gasteiger partial charge in [-0.15, -0.1) is 0 Å². The fraction of sp³-hybridized carbons (Fsp3) is 0.458. The molecule has 8 nitrogen and oxygen atoms in total. The van der Waals surface area contributed by atoms with Gasteiger partial charge in [-0.3, -0.25) is 4.79 Å². The van der Waals surface area contributed by atoms with E-state index in [2.05, 4.69) is 5.32 Å². The van der Waals surface area contributed by atoms with Gasteiger partial charge in [0, 0.05) is 19.5 Å². The summed E-state index contributed by atoms with van der Waals surface area (Å²) in [6, 6.07) is 10.1. The van der Waals surface area contributed by atoms with Crippen LogP contribution in [-0.2, 0) is 21.2 Å². The minimum absolute atomic E-state index is 0.153. The van der Waals surface area contributed by atoms with Crippen molar-refractivity contribution in [2.24, 2.45) is 0 Å². The van der Waals surface area contributed by atoms with Crippen LogP contribution in [0.5, 0.6) is 17.2 Å². The predicted molar refractivity (Wildman–Crippen MR) is 127 cm³/mol. The van der Waals surface area contributed by atoms with Crippen LogP contribution in [0.2, 0.25) is 0 Å². The summed E-state index contributed by atoms with van der Waals surface area (Å²) in [4.78, 5) is 12.8. The number of carbonyl (C=O) groups is 1. The second-order valence-corrected chi connectivity index (χ2v) is 9.86. The summed E-state index contributed by atoms with van der Waals surface area (Å²) in [5.41, 5.74) is 1.26. The van der Waals surface area contributed by atoms with Gasteiger partial charge in [0.1, 0.15) is 5.75 Å². The van der Waals surface area contributed by atoms with Gasteiger partial charge in [-0.1, -0.05) is 18.9 Å². The van der Waals surface area contributed by atoms with Crippen LogP contribution in [0.1, 0.15) is 37.7 Å². The smallest absolute Gasteiger partial charge is 0.243 e. The number of methoxy groups -OCH3 is 3. The van der Waals surface area contributed by atoms with E-state index in [4.69, 9.17) is 14.2 Å². The molecule has 0 saturated carbocycles. The van der Waals surface area contributed by atoms with Crippen molar-refractivity contribution in [1.82, 2.24) is 4.31 Å². The van der Waals surface area contributed by atoms with E-state index >= 15 is 0 Å². The monoisotopic (exact) mass is 476 g/mol. The number of amides is 1. The molecule has 0 atom stereocenters. The molecule has 33 heavy (non-hydrogen) atoms. The van der Waals surface area contributed by atoms with Crippen molar-refractivity contribution in [2.75, 3.05) is 39.7 Å². The predicted octanol–water partition coefficient (Wildman–Crippen LogP) is 3.85. The standard InChI is InChI=1S/C24H32N2O6S/c1-30-21-12-10-19(33(28,29)26-14-6-4-5-7-15-26)17-20(21)25-24(27)13-9-18-8-11-22(31-2)23(16-18)32-3/h8,10-12,16-17H,4-7,9,13-15H2,1-3H3,(H,25,27). The van der Waals surface area contributed by atoms with Crippen molar-refractivity contribution in [3.8, 4) is 17.2 Å². The number of hydrogen-bond acceptors (Lipinski definition) is 6. The number of nitrogens with zero attached hydrogens (tertiary/aromatic N) is 1. The Morgan fingerprint density at radius 2 is 1.52 bits per heavy atom. The van der Waals surface area contributed by atoms with Gasteiger partial charge in [0.25, 0.3) is 0 Å². The molecular weight excluding hydrogens is 444 g/mol. The number of hydrogen-bond donors (Lipinski definition) is 1. The maximum Gasteiger partial charge on any atom is 0.243 e. The minimum atomic E-state index is -3.64. The number of aryl methyl sites for hydroxylation is 1. The first-order chi connectivity index (χ1) is 15.9. The van der Waals surface area contributed by atoms with Gasteiger partial charge in [-0.2, -0.15) is 4.31 Å². The quantitative estimate of drug-likeness (QED) is 0.591. The zero-order valence-electron chi connectivity index (χ0n) is 19.4. The van der Waals surface area contributed by atoms with Gasteiger partial charge in [0.15, 0.2) is 11.5 Å². The van der Waals surface area contributed by atoms with Gasteiger partial charge in [-0.05, 0) is 55.2 Å². The Kier molecular flexibility index (Phi) is 8.57. The molecule has 0 radical (unpaired) electrons. The summed E-state index contributed by atoms with van der Waals surface area (Å²) in [5.74, 6) is 1.39. The zero-order valence-corrected chi connectivity index (χ0v) is 20.2. The van der Waals surface area contributed by atoms with Crippen LogP contribution in [0.15, 0.2) is 41.3 Å². The molecule has 1 N–H and O–H groups in total. The fourth-order valence-electron chi connectivity index (χ4n) is 3.88. The molecule has 1 fully saturated rings. The van der Waals surface area contributed by atoms with E-state index in [-0.39, 0.29) is 17.2 Å². The van der Waals surface area contributed by atoms with Crippen LogP contribution in [0.3, 0.4) is 0 Å². The first kappa shape index (κ1) is 24.9. The molecule has 1 aliphatic heterocycles. The van der Waals surface area contributed by atoms with Gasteiger partial charge < -0.3 is 19.5 Å². The Hall–Kier alpha value is -2.78. The largest absolute Gasteiger partial charge is 0.495 e. The lowest BCUT2D eigenvalue weighted by atomic mass is 10.1. The van der Waals surface area contributed by atoms with Gasteiger partial charge in [-0.25, -0.2) is 8.42 Å². The molecule has 2 aromatic rings. The summed E-state index contributed by atoms with van der Waals surface area (Å²) in [6.07, 6.45) is 4.48. The lowest BCUT2D eigenvalue weighted by Gasteiger charge is -2.21. The van der Waals surface area contributed by atoms with Crippen molar-refractivity contribution >= 4 is 21.6 Å². The molecule has 1 heterocycles. The topological polar surface area (TPSA) is 94.2 Å². The minimum Gasteiger partial charge on any atom is -0.495 e. The number of anilines is 1. The van der Waals surface area contributed by atoms with Crippen molar-refractivity contribution in [3.63, 3.8) is 0 Å². The van der Waals surface area contributed by atoms with Gasteiger partial charge >= 0.3 is 0 Å². The van der Waals surface area contributed by atoms with Gasteiger partial charge in [0.05, 0.1) is 31.9 Å². The normalized spacial score (nSPS) is 14.9. The molecule has 3 rings (SSSR count). The molecular formula is C24H32N2O6S. The third kappa shape index (κ3) is 6.17. The number of sulfonamides is 1. The van der Waals surface area contributed by atoms with E-state index in [1.54, 1.807) is 26.4 Å². The first-order valence-corrected chi connectivity index (χ1v) is 12.5. The van der Waals surface area contributed by atoms with E-state index in [1.165, 1.54) is 23.5 Å². The van der Waals surface area contributed by atoms with Crippen LogP contribution in [-0.4, -0.2) is 53.0 Å². The zero-order chi connectivity index (χ0) is 23.8. The van der Waals surface area contributed by atoms with Crippen molar-refractivity contribution in [2.45, 2.75) is 43.4 Å².